The molecule has 2 rings (SSSR count). The summed E-state index contributed by atoms with van der Waals surface area (Å²) in [5.41, 5.74) is 0.255. The highest BCUT2D eigenvalue weighted by Crippen LogP contribution is 2.44. The van der Waals surface area contributed by atoms with Crippen LogP contribution < -0.4 is 5.32 Å². The van der Waals surface area contributed by atoms with Crippen LogP contribution in [0.25, 0.3) is 0 Å². The van der Waals surface area contributed by atoms with Crippen molar-refractivity contribution in [1.82, 2.24) is 10.2 Å². The molecule has 0 spiro atoms. The first-order valence-electron chi connectivity index (χ1n) is 6.23. The average molecular weight is 212 g/mol. The Morgan fingerprint density at radius 2 is 2.20 bits per heavy atom. The van der Waals surface area contributed by atoms with E-state index in [0.717, 1.165) is 6.54 Å². The van der Waals surface area contributed by atoms with Gasteiger partial charge < -0.3 is 10.4 Å². The van der Waals surface area contributed by atoms with E-state index in [-0.39, 0.29) is 5.41 Å². The molecule has 1 aliphatic heterocycles. The normalized spacial score (nSPS) is 30.0. The SMILES string of the molecule is CC(C)N1CCC(NCC2(CO)CC2)C1. The molecule has 2 fully saturated rings. The largest absolute Gasteiger partial charge is 0.396 e. The fourth-order valence-corrected chi connectivity index (χ4v) is 2.35. The number of aliphatic hydroxyl groups is 1. The van der Waals surface area contributed by atoms with E-state index in [1.807, 2.05) is 0 Å². The fraction of sp³-hybridized carbons (Fsp3) is 1.00. The lowest BCUT2D eigenvalue weighted by Crippen LogP contribution is -2.38. The van der Waals surface area contributed by atoms with E-state index in [1.54, 1.807) is 0 Å². The van der Waals surface area contributed by atoms with Crippen molar-refractivity contribution < 1.29 is 5.11 Å². The molecule has 1 saturated heterocycles. The van der Waals surface area contributed by atoms with Crippen molar-refractivity contribution in [1.29, 1.82) is 0 Å². The highest BCUT2D eigenvalue weighted by molar-refractivity contribution is 4.96. The third-order valence-corrected chi connectivity index (χ3v) is 4.01. The van der Waals surface area contributed by atoms with Gasteiger partial charge in [-0.3, -0.25) is 4.90 Å². The number of nitrogens with one attached hydrogen (secondary N) is 1. The van der Waals surface area contributed by atoms with Crippen molar-refractivity contribution in [3.8, 4) is 0 Å². The molecule has 88 valence electrons. The fourth-order valence-electron chi connectivity index (χ4n) is 2.35. The predicted octanol–water partition coefficient (Wildman–Crippen LogP) is 0.831. The first-order chi connectivity index (χ1) is 7.15. The van der Waals surface area contributed by atoms with Crippen molar-refractivity contribution in [2.24, 2.45) is 5.41 Å². The minimum Gasteiger partial charge on any atom is -0.396 e. The van der Waals surface area contributed by atoms with Crippen molar-refractivity contribution >= 4 is 0 Å². The number of hydrogen-bond donors (Lipinski definition) is 2. The van der Waals surface area contributed by atoms with Gasteiger partial charge in [0.25, 0.3) is 0 Å². The zero-order valence-corrected chi connectivity index (χ0v) is 10.00. The molecule has 0 aromatic heterocycles. The molecule has 0 aromatic rings. The second-order valence-corrected chi connectivity index (χ2v) is 5.61. The van der Waals surface area contributed by atoms with E-state index in [1.165, 1.54) is 32.4 Å². The van der Waals surface area contributed by atoms with Crippen molar-refractivity contribution in [2.75, 3.05) is 26.2 Å². The highest BCUT2D eigenvalue weighted by atomic mass is 16.3. The minimum atomic E-state index is 0.255. The second-order valence-electron chi connectivity index (χ2n) is 5.61. The molecule has 0 bridgehead atoms. The lowest BCUT2D eigenvalue weighted by atomic mass is 10.1. The zero-order valence-electron chi connectivity index (χ0n) is 10.00. The van der Waals surface area contributed by atoms with Gasteiger partial charge in [0.1, 0.15) is 0 Å². The molecule has 1 heterocycles. The van der Waals surface area contributed by atoms with Crippen molar-refractivity contribution in [3.05, 3.63) is 0 Å². The molecular formula is C12H24N2O. The summed E-state index contributed by atoms with van der Waals surface area (Å²) in [5, 5.41) is 12.8. The second kappa shape index (κ2) is 4.40. The Kier molecular flexibility index (Phi) is 3.33. The highest BCUT2D eigenvalue weighted by Gasteiger charge is 2.42. The molecule has 3 nitrogen and oxygen atoms in total. The van der Waals surface area contributed by atoms with Crippen LogP contribution in [-0.2, 0) is 0 Å². The summed E-state index contributed by atoms with van der Waals surface area (Å²) in [6.07, 6.45) is 3.67. The smallest absolute Gasteiger partial charge is 0.0499 e. The van der Waals surface area contributed by atoms with E-state index in [4.69, 9.17) is 0 Å². The van der Waals surface area contributed by atoms with Crippen molar-refractivity contribution in [3.63, 3.8) is 0 Å². The first-order valence-corrected chi connectivity index (χ1v) is 6.23. The van der Waals surface area contributed by atoms with Gasteiger partial charge in [0.2, 0.25) is 0 Å². The molecule has 0 amide bonds. The van der Waals surface area contributed by atoms with Crippen LogP contribution in [0.2, 0.25) is 0 Å². The Morgan fingerprint density at radius 1 is 1.47 bits per heavy atom. The van der Waals surface area contributed by atoms with Crippen LogP contribution >= 0.6 is 0 Å². The number of aliphatic hydroxyl groups excluding tert-OH is 1. The molecule has 0 aromatic carbocycles. The molecule has 0 radical (unpaired) electrons. The molecular weight excluding hydrogens is 188 g/mol. The lowest BCUT2D eigenvalue weighted by Gasteiger charge is -2.21. The van der Waals surface area contributed by atoms with Gasteiger partial charge in [-0.25, -0.2) is 0 Å². The van der Waals surface area contributed by atoms with Gasteiger partial charge in [0.05, 0.1) is 0 Å². The van der Waals surface area contributed by atoms with E-state index in [2.05, 4.69) is 24.1 Å². The topological polar surface area (TPSA) is 35.5 Å². The Labute approximate surface area is 92.8 Å². The van der Waals surface area contributed by atoms with Gasteiger partial charge in [-0.05, 0) is 39.7 Å². The summed E-state index contributed by atoms with van der Waals surface area (Å²) in [6.45, 7) is 8.30. The van der Waals surface area contributed by atoms with E-state index in [9.17, 15) is 5.11 Å². The predicted molar refractivity (Wildman–Crippen MR) is 61.9 cm³/mol. The van der Waals surface area contributed by atoms with Gasteiger partial charge in [0.15, 0.2) is 0 Å². The molecule has 2 aliphatic rings. The Hall–Kier alpha value is -0.120. The van der Waals surface area contributed by atoms with Gasteiger partial charge in [0, 0.05) is 37.2 Å². The standard InChI is InChI=1S/C12H24N2O/c1-10(2)14-6-3-11(7-14)13-8-12(9-15)4-5-12/h10-11,13,15H,3-9H2,1-2H3. The lowest BCUT2D eigenvalue weighted by molar-refractivity contribution is 0.202. The summed E-state index contributed by atoms with van der Waals surface area (Å²) in [7, 11) is 0. The third kappa shape index (κ3) is 2.71. The van der Waals surface area contributed by atoms with Crippen molar-refractivity contribution in [2.45, 2.75) is 45.2 Å². The summed E-state index contributed by atoms with van der Waals surface area (Å²) in [4.78, 5) is 2.52. The van der Waals surface area contributed by atoms with Gasteiger partial charge in [-0.15, -0.1) is 0 Å². The van der Waals surface area contributed by atoms with Gasteiger partial charge in [-0.2, -0.15) is 0 Å². The van der Waals surface area contributed by atoms with E-state index >= 15 is 0 Å². The summed E-state index contributed by atoms with van der Waals surface area (Å²) >= 11 is 0. The van der Waals surface area contributed by atoms with Crippen LogP contribution in [0.15, 0.2) is 0 Å². The summed E-state index contributed by atoms with van der Waals surface area (Å²) in [6, 6.07) is 1.32. The third-order valence-electron chi connectivity index (χ3n) is 4.01. The number of rotatable bonds is 5. The van der Waals surface area contributed by atoms with E-state index < -0.39 is 0 Å². The molecule has 1 atom stereocenters. The van der Waals surface area contributed by atoms with Crippen LogP contribution in [-0.4, -0.2) is 48.3 Å². The molecule has 1 saturated carbocycles. The van der Waals surface area contributed by atoms with Crippen LogP contribution in [0.3, 0.4) is 0 Å². The maximum absolute atomic E-state index is 9.22. The van der Waals surface area contributed by atoms with E-state index in [0.29, 0.717) is 18.7 Å². The quantitative estimate of drug-likeness (QED) is 0.708. The zero-order chi connectivity index (χ0) is 10.9. The maximum Gasteiger partial charge on any atom is 0.0499 e. The summed E-state index contributed by atoms with van der Waals surface area (Å²) in [5.74, 6) is 0. The van der Waals surface area contributed by atoms with Gasteiger partial charge in [-0.1, -0.05) is 0 Å². The van der Waals surface area contributed by atoms with Gasteiger partial charge >= 0.3 is 0 Å². The average Bonchev–Trinajstić information content (AvgIpc) is 2.85. The Bertz CT molecular complexity index is 214. The van der Waals surface area contributed by atoms with Crippen LogP contribution in [0.4, 0.5) is 0 Å². The Morgan fingerprint density at radius 3 is 2.67 bits per heavy atom. The number of likely N-dealkylation sites (tertiary alicyclic amines) is 1. The number of nitrogens with zero attached hydrogens (tertiary/aromatic N) is 1. The summed E-state index contributed by atoms with van der Waals surface area (Å²) < 4.78 is 0. The first kappa shape index (κ1) is 11.4. The van der Waals surface area contributed by atoms with Crippen LogP contribution in [0, 0.1) is 5.41 Å². The Balaban J connectivity index is 1.69. The number of hydrogen-bond acceptors (Lipinski definition) is 3. The van der Waals surface area contributed by atoms with Crippen LogP contribution in [0.5, 0.6) is 0 Å². The monoisotopic (exact) mass is 212 g/mol. The molecule has 1 unspecified atom stereocenters. The molecule has 3 heteroatoms. The molecule has 2 N–H and O–H groups in total. The maximum atomic E-state index is 9.22. The van der Waals surface area contributed by atoms with Crippen LogP contribution in [0.1, 0.15) is 33.1 Å². The minimum absolute atomic E-state index is 0.255. The molecule has 15 heavy (non-hydrogen) atoms. The molecule has 1 aliphatic carbocycles.